The summed E-state index contributed by atoms with van der Waals surface area (Å²) in [6, 6.07) is 12.7. The average molecular weight is 553 g/mol. The number of rotatable bonds is 9. The molecule has 0 bridgehead atoms. The summed E-state index contributed by atoms with van der Waals surface area (Å²) in [5.74, 6) is 2.40. The van der Waals surface area contributed by atoms with E-state index in [-0.39, 0.29) is 23.5 Å². The number of hydrogen-bond donors (Lipinski definition) is 0. The molecule has 1 saturated carbocycles. The zero-order valence-corrected chi connectivity index (χ0v) is 27.5. The molecule has 216 valence electrons. The standard InChI is InChI=1S/C34H54NO3Si/c1-23(2)27-17-18-30(29(21-27)34(9,10)28-15-13-12-14-16-28)38-33(36)35-20-19-31(37-11)32(22-35)39(24(3)4,25(5)6)26(7)8/h12-16,19-20,22-27,29-30H,17-18,21H2,1-11H3/q+1/t27-,29-,30-/m1/s1. The van der Waals surface area contributed by atoms with E-state index in [1.54, 1.807) is 11.7 Å². The van der Waals surface area contributed by atoms with Crippen molar-refractivity contribution in [3.63, 3.8) is 0 Å². The first kappa shape index (κ1) is 31.4. The third-order valence-corrected chi connectivity index (χ3v) is 17.2. The average Bonchev–Trinajstić information content (AvgIpc) is 2.88. The molecule has 1 aromatic carbocycles. The number of methoxy groups -OCH3 is 1. The number of benzene rings is 1. The van der Waals surface area contributed by atoms with Crippen LogP contribution in [0.4, 0.5) is 4.79 Å². The molecule has 3 atom stereocenters. The van der Waals surface area contributed by atoms with Crippen molar-refractivity contribution >= 4 is 19.4 Å². The van der Waals surface area contributed by atoms with Gasteiger partial charge in [-0.25, -0.2) is 0 Å². The Labute approximate surface area is 239 Å². The zero-order valence-electron chi connectivity index (χ0n) is 26.5. The van der Waals surface area contributed by atoms with Crippen LogP contribution in [0.15, 0.2) is 48.8 Å². The van der Waals surface area contributed by atoms with Crippen molar-refractivity contribution in [1.29, 1.82) is 0 Å². The fraction of sp³-hybridized carbons (Fsp3) is 0.647. The largest absolute Gasteiger partial charge is 0.602 e. The van der Waals surface area contributed by atoms with E-state index in [1.165, 1.54) is 10.8 Å². The second-order valence-electron chi connectivity index (χ2n) is 13.7. The maximum absolute atomic E-state index is 13.8. The fourth-order valence-electron chi connectivity index (χ4n) is 7.99. The summed E-state index contributed by atoms with van der Waals surface area (Å²) in [6.45, 7) is 23.3. The number of carbonyl (C=O) groups excluding carboxylic acids is 1. The minimum absolute atomic E-state index is 0.107. The Morgan fingerprint density at radius 1 is 0.923 bits per heavy atom. The van der Waals surface area contributed by atoms with Crippen LogP contribution in [0.1, 0.15) is 94.1 Å². The predicted octanol–water partition coefficient (Wildman–Crippen LogP) is 8.27. The van der Waals surface area contributed by atoms with E-state index < -0.39 is 8.07 Å². The van der Waals surface area contributed by atoms with Crippen molar-refractivity contribution < 1.29 is 18.8 Å². The van der Waals surface area contributed by atoms with Crippen LogP contribution >= 0.6 is 0 Å². The predicted molar refractivity (Wildman–Crippen MR) is 165 cm³/mol. The molecule has 0 saturated heterocycles. The Bertz CT molecular complexity index is 1070. The van der Waals surface area contributed by atoms with Crippen molar-refractivity contribution in [3.8, 4) is 5.75 Å². The highest BCUT2D eigenvalue weighted by Crippen LogP contribution is 2.46. The molecule has 3 rings (SSSR count). The molecule has 1 aliphatic rings. The Morgan fingerprint density at radius 2 is 1.51 bits per heavy atom. The molecule has 0 N–H and O–H groups in total. The topological polar surface area (TPSA) is 39.4 Å². The van der Waals surface area contributed by atoms with Crippen LogP contribution in [0.3, 0.4) is 0 Å². The van der Waals surface area contributed by atoms with Gasteiger partial charge in [0.25, 0.3) is 0 Å². The molecule has 1 aromatic heterocycles. The molecule has 2 aromatic rings. The molecule has 1 fully saturated rings. The van der Waals surface area contributed by atoms with Gasteiger partial charge in [0.05, 0.1) is 7.11 Å². The molecule has 0 radical (unpaired) electrons. The Hall–Kier alpha value is -2.14. The van der Waals surface area contributed by atoms with E-state index in [2.05, 4.69) is 99.6 Å². The van der Waals surface area contributed by atoms with E-state index in [4.69, 9.17) is 9.47 Å². The van der Waals surface area contributed by atoms with E-state index in [0.717, 1.165) is 25.0 Å². The first-order valence-corrected chi connectivity index (χ1v) is 17.4. The summed E-state index contributed by atoms with van der Waals surface area (Å²) < 4.78 is 14.0. The van der Waals surface area contributed by atoms with Crippen LogP contribution in [0, 0.1) is 17.8 Å². The van der Waals surface area contributed by atoms with Gasteiger partial charge < -0.3 is 9.47 Å². The normalized spacial score (nSPS) is 20.6. The summed E-state index contributed by atoms with van der Waals surface area (Å²) in [5.41, 5.74) is 2.70. The second kappa shape index (κ2) is 12.6. The molecule has 5 heteroatoms. The van der Waals surface area contributed by atoms with E-state index >= 15 is 0 Å². The number of ether oxygens (including phenoxy) is 2. The van der Waals surface area contributed by atoms with Crippen molar-refractivity contribution in [2.45, 2.75) is 117 Å². The van der Waals surface area contributed by atoms with Gasteiger partial charge in [0.2, 0.25) is 0 Å². The molecular formula is C34H54NO3Si+. The molecule has 0 spiro atoms. The molecule has 1 heterocycles. The number of aromatic nitrogens is 1. The lowest BCUT2D eigenvalue weighted by Crippen LogP contribution is -2.59. The lowest BCUT2D eigenvalue weighted by atomic mass is 9.62. The lowest BCUT2D eigenvalue weighted by Gasteiger charge is -2.45. The highest BCUT2D eigenvalue weighted by molar-refractivity contribution is 6.95. The molecule has 39 heavy (non-hydrogen) atoms. The van der Waals surface area contributed by atoms with Gasteiger partial charge in [-0.1, -0.05) is 104 Å². The van der Waals surface area contributed by atoms with Gasteiger partial charge in [0.1, 0.15) is 19.9 Å². The summed E-state index contributed by atoms with van der Waals surface area (Å²) in [4.78, 5) is 13.8. The van der Waals surface area contributed by atoms with Gasteiger partial charge in [0, 0.05) is 17.2 Å². The molecule has 0 amide bonds. The number of carbonyl (C=O) groups is 1. The number of nitrogens with zero attached hydrogens (tertiary/aromatic N) is 1. The van der Waals surface area contributed by atoms with Crippen LogP contribution in [-0.4, -0.2) is 27.4 Å². The van der Waals surface area contributed by atoms with Crippen molar-refractivity contribution in [2.24, 2.45) is 17.8 Å². The summed E-state index contributed by atoms with van der Waals surface area (Å²) >= 11 is 0. The van der Waals surface area contributed by atoms with Crippen LogP contribution in [-0.2, 0) is 10.2 Å². The van der Waals surface area contributed by atoms with Gasteiger partial charge in [0.15, 0.2) is 12.4 Å². The molecule has 4 nitrogen and oxygen atoms in total. The van der Waals surface area contributed by atoms with Crippen LogP contribution in [0.25, 0.3) is 0 Å². The maximum Gasteiger partial charge on any atom is 0.602 e. The monoisotopic (exact) mass is 552 g/mol. The lowest BCUT2D eigenvalue weighted by molar-refractivity contribution is -0.587. The molecule has 0 unspecified atom stereocenters. The van der Waals surface area contributed by atoms with Crippen molar-refractivity contribution in [1.82, 2.24) is 0 Å². The third-order valence-electron chi connectivity index (χ3n) is 10.2. The Morgan fingerprint density at radius 3 is 2.03 bits per heavy atom. The third kappa shape index (κ3) is 6.13. The SMILES string of the molecule is COc1cc[n+](C(=O)O[C@@H]2CC[C@@H](C(C)C)C[C@H]2C(C)(C)c2ccccc2)cc1[Si](C(C)C)(C(C)C)C(C)C. The molecule has 1 aliphatic carbocycles. The molecular weight excluding hydrogens is 498 g/mol. The summed E-state index contributed by atoms with van der Waals surface area (Å²) in [7, 11) is -0.320. The quantitative estimate of drug-likeness (QED) is 0.232. The summed E-state index contributed by atoms with van der Waals surface area (Å²) in [5, 5.41) is 1.22. The van der Waals surface area contributed by atoms with E-state index in [1.807, 2.05) is 18.5 Å². The zero-order chi connectivity index (χ0) is 29.1. The van der Waals surface area contributed by atoms with Gasteiger partial charge in [-0.05, 0) is 58.7 Å². The van der Waals surface area contributed by atoms with Gasteiger partial charge in [-0.15, -0.1) is 0 Å². The smallest absolute Gasteiger partial charge is 0.496 e. The van der Waals surface area contributed by atoms with Crippen molar-refractivity contribution in [2.75, 3.05) is 7.11 Å². The van der Waals surface area contributed by atoms with E-state index in [0.29, 0.717) is 28.5 Å². The maximum atomic E-state index is 13.8. The van der Waals surface area contributed by atoms with Gasteiger partial charge in [-0.3, -0.25) is 0 Å². The van der Waals surface area contributed by atoms with Crippen LogP contribution in [0.2, 0.25) is 16.6 Å². The van der Waals surface area contributed by atoms with Crippen molar-refractivity contribution in [3.05, 3.63) is 54.4 Å². The first-order chi connectivity index (χ1) is 18.3. The van der Waals surface area contributed by atoms with Gasteiger partial charge >= 0.3 is 6.09 Å². The Kier molecular flexibility index (Phi) is 10.1. The van der Waals surface area contributed by atoms with Gasteiger partial charge in [-0.2, -0.15) is 4.79 Å². The fourth-order valence-corrected chi connectivity index (χ4v) is 14.8. The highest BCUT2D eigenvalue weighted by Gasteiger charge is 2.49. The Balaban J connectivity index is 2.00. The minimum Gasteiger partial charge on any atom is -0.496 e. The number of hydrogen-bond acceptors (Lipinski definition) is 3. The van der Waals surface area contributed by atoms with E-state index in [9.17, 15) is 4.79 Å². The first-order valence-electron chi connectivity index (χ1n) is 15.1. The number of pyridine rings is 1. The second-order valence-corrected chi connectivity index (χ2v) is 19.5. The summed E-state index contributed by atoms with van der Waals surface area (Å²) in [6.07, 6.45) is 6.54. The minimum atomic E-state index is -2.06. The van der Waals surface area contributed by atoms with Crippen LogP contribution in [0.5, 0.6) is 5.75 Å². The highest BCUT2D eigenvalue weighted by atomic mass is 28.3. The molecule has 0 aliphatic heterocycles. The van der Waals surface area contributed by atoms with Crippen LogP contribution < -0.4 is 14.5 Å².